The molecule has 4 rings (SSSR count). The zero-order valence-electron chi connectivity index (χ0n) is 16.2. The Morgan fingerprint density at radius 3 is 2.61 bits per heavy atom. The van der Waals surface area contributed by atoms with Crippen molar-refractivity contribution in [2.45, 2.75) is 44.3 Å². The Morgan fingerprint density at radius 2 is 1.97 bits per heavy atom. The molecule has 1 aromatic carbocycles. The maximum absolute atomic E-state index is 13.5. The Morgan fingerprint density at radius 1 is 1.23 bits per heavy atom. The quantitative estimate of drug-likeness (QED) is 0.456. The molecule has 11 heteroatoms. The van der Waals surface area contributed by atoms with Gasteiger partial charge in [0.2, 0.25) is 0 Å². The number of fused-ring (bicyclic) bond motifs is 1. The summed E-state index contributed by atoms with van der Waals surface area (Å²) in [6.45, 7) is 1.57. The summed E-state index contributed by atoms with van der Waals surface area (Å²) in [4.78, 5) is 26.1. The Labute approximate surface area is 172 Å². The third kappa shape index (κ3) is 4.30. The van der Waals surface area contributed by atoms with Crippen LogP contribution >= 0.6 is 0 Å². The number of hydrogen-bond acceptors (Lipinski definition) is 5. The summed E-state index contributed by atoms with van der Waals surface area (Å²) in [5.41, 5.74) is 0.647. The summed E-state index contributed by atoms with van der Waals surface area (Å²) >= 11 is 0. The molecule has 0 amide bonds. The van der Waals surface area contributed by atoms with Gasteiger partial charge in [-0.2, -0.15) is 13.2 Å². The van der Waals surface area contributed by atoms with Gasteiger partial charge in [-0.3, -0.25) is 4.79 Å². The fourth-order valence-electron chi connectivity index (χ4n) is 3.40. The first-order valence-electron chi connectivity index (χ1n) is 9.36. The molecule has 1 saturated carbocycles. The average molecular weight is 440 g/mol. The lowest BCUT2D eigenvalue weighted by Crippen LogP contribution is -2.35. The predicted molar refractivity (Wildman–Crippen MR) is 102 cm³/mol. The summed E-state index contributed by atoms with van der Waals surface area (Å²) in [6.07, 6.45) is -6.57. The number of nitrogens with one attached hydrogen (secondary N) is 1. The van der Waals surface area contributed by atoms with Crippen molar-refractivity contribution in [2.75, 3.05) is 5.48 Å². The highest BCUT2D eigenvalue weighted by molar-refractivity contribution is 5.88. The highest BCUT2D eigenvalue weighted by Gasteiger charge is 2.53. The van der Waals surface area contributed by atoms with Crippen molar-refractivity contribution in [1.29, 1.82) is 0 Å². The third-order valence-corrected chi connectivity index (χ3v) is 5.06. The Bertz CT molecular complexity index is 1190. The van der Waals surface area contributed by atoms with Crippen LogP contribution in [0.1, 0.15) is 24.2 Å². The highest BCUT2D eigenvalue weighted by atomic mass is 19.4. The zero-order chi connectivity index (χ0) is 22.4. The molecular formula is C20H17F5N4O2. The maximum Gasteiger partial charge on any atom is 0.393 e. The van der Waals surface area contributed by atoms with E-state index in [0.717, 1.165) is 10.6 Å². The molecule has 0 aliphatic heterocycles. The molecule has 0 bridgehead atoms. The molecule has 1 fully saturated rings. The molecule has 31 heavy (non-hydrogen) atoms. The van der Waals surface area contributed by atoms with Crippen molar-refractivity contribution in [3.63, 3.8) is 0 Å². The molecule has 0 radical (unpaired) electrons. The van der Waals surface area contributed by atoms with E-state index >= 15 is 0 Å². The van der Waals surface area contributed by atoms with E-state index in [9.17, 15) is 26.7 Å². The van der Waals surface area contributed by atoms with Gasteiger partial charge in [0.25, 0.3) is 12.0 Å². The molecular weight excluding hydrogens is 423 g/mol. The number of hydrogen-bond donors (Lipinski definition) is 1. The van der Waals surface area contributed by atoms with Crippen molar-refractivity contribution in [3.05, 3.63) is 58.3 Å². The number of anilines is 1. The third-order valence-electron chi connectivity index (χ3n) is 5.06. The molecule has 0 spiro atoms. The molecule has 2 heterocycles. The van der Waals surface area contributed by atoms with Gasteiger partial charge >= 0.3 is 6.18 Å². The van der Waals surface area contributed by atoms with Crippen molar-refractivity contribution in [2.24, 2.45) is 0 Å². The SMILES string of the molecule is Cc1nc(NOc2cccc(CC(F)(F)F)c2)c2cn(C3(C(F)F)CC3)c(=O)cc2n1. The molecule has 1 N–H and O–H groups in total. The van der Waals surface area contributed by atoms with Crippen LogP contribution in [0, 0.1) is 6.92 Å². The van der Waals surface area contributed by atoms with Gasteiger partial charge in [0.05, 0.1) is 17.3 Å². The van der Waals surface area contributed by atoms with E-state index in [4.69, 9.17) is 4.84 Å². The molecule has 0 unspecified atom stereocenters. The monoisotopic (exact) mass is 440 g/mol. The van der Waals surface area contributed by atoms with E-state index in [2.05, 4.69) is 15.4 Å². The first-order valence-corrected chi connectivity index (χ1v) is 9.36. The topological polar surface area (TPSA) is 69.0 Å². The van der Waals surface area contributed by atoms with Gasteiger partial charge < -0.3 is 9.40 Å². The molecule has 0 saturated heterocycles. The fraction of sp³-hybridized carbons (Fsp3) is 0.350. The Balaban J connectivity index is 1.66. The van der Waals surface area contributed by atoms with Crippen LogP contribution in [-0.2, 0) is 12.0 Å². The first kappa shape index (κ1) is 21.0. The number of aromatic nitrogens is 3. The van der Waals surface area contributed by atoms with Gasteiger partial charge in [-0.15, -0.1) is 0 Å². The van der Waals surface area contributed by atoms with Crippen LogP contribution in [0.25, 0.3) is 10.9 Å². The zero-order valence-corrected chi connectivity index (χ0v) is 16.2. The van der Waals surface area contributed by atoms with Crippen LogP contribution in [0.4, 0.5) is 27.8 Å². The van der Waals surface area contributed by atoms with Crippen LogP contribution in [0.2, 0.25) is 0 Å². The molecule has 6 nitrogen and oxygen atoms in total. The predicted octanol–water partition coefficient (Wildman–Crippen LogP) is 4.36. The van der Waals surface area contributed by atoms with Gasteiger partial charge in [-0.05, 0) is 37.5 Å². The van der Waals surface area contributed by atoms with Crippen molar-refractivity contribution in [3.8, 4) is 5.75 Å². The second kappa shape index (κ2) is 7.47. The number of halogens is 5. The molecule has 0 atom stereocenters. The number of pyridine rings is 1. The normalized spacial score (nSPS) is 15.3. The Hall–Kier alpha value is -3.24. The average Bonchev–Trinajstić information content (AvgIpc) is 3.46. The van der Waals surface area contributed by atoms with Gasteiger partial charge in [-0.1, -0.05) is 12.1 Å². The smallest absolute Gasteiger partial charge is 0.381 e. The van der Waals surface area contributed by atoms with Crippen LogP contribution in [-0.4, -0.2) is 27.1 Å². The van der Waals surface area contributed by atoms with Crippen molar-refractivity contribution >= 4 is 16.7 Å². The summed E-state index contributed by atoms with van der Waals surface area (Å²) in [6, 6.07) is 6.57. The van der Waals surface area contributed by atoms with E-state index in [1.807, 2.05) is 0 Å². The minimum absolute atomic E-state index is 0.0111. The van der Waals surface area contributed by atoms with Gasteiger partial charge in [0.15, 0.2) is 11.6 Å². The van der Waals surface area contributed by atoms with E-state index in [1.54, 1.807) is 6.92 Å². The van der Waals surface area contributed by atoms with Crippen molar-refractivity contribution in [1.82, 2.24) is 14.5 Å². The maximum atomic E-state index is 13.5. The lowest BCUT2D eigenvalue weighted by atomic mass is 10.1. The number of rotatable bonds is 6. The lowest BCUT2D eigenvalue weighted by Gasteiger charge is -2.19. The molecule has 164 valence electrons. The minimum atomic E-state index is -4.36. The van der Waals surface area contributed by atoms with Crippen LogP contribution < -0.4 is 15.9 Å². The van der Waals surface area contributed by atoms with E-state index in [-0.39, 0.29) is 46.7 Å². The summed E-state index contributed by atoms with van der Waals surface area (Å²) in [7, 11) is 0. The summed E-state index contributed by atoms with van der Waals surface area (Å²) in [5.74, 6) is 0.491. The molecule has 2 aromatic heterocycles. The largest absolute Gasteiger partial charge is 0.393 e. The first-order chi connectivity index (χ1) is 14.6. The van der Waals surface area contributed by atoms with Gasteiger partial charge in [0, 0.05) is 12.3 Å². The van der Waals surface area contributed by atoms with Crippen LogP contribution in [0.5, 0.6) is 5.75 Å². The Kier molecular flexibility index (Phi) is 5.06. The van der Waals surface area contributed by atoms with Crippen LogP contribution in [0.3, 0.4) is 0 Å². The van der Waals surface area contributed by atoms with Gasteiger partial charge in [-0.25, -0.2) is 24.2 Å². The van der Waals surface area contributed by atoms with Crippen LogP contribution in [0.15, 0.2) is 41.3 Å². The standard InChI is InChI=1S/C20H17F5N4O2/c1-11-26-15-8-16(30)29(19(5-6-19)18(21)22)10-14(15)17(27-11)28-31-13-4-2-3-12(7-13)9-20(23,24)25/h2-4,7-8,10,18H,5-6,9H2,1H3,(H,26,27,28). The van der Waals surface area contributed by atoms with E-state index < -0.39 is 30.1 Å². The molecule has 3 aromatic rings. The minimum Gasteiger partial charge on any atom is -0.381 e. The number of nitrogens with zero attached hydrogens (tertiary/aromatic N) is 3. The van der Waals surface area contributed by atoms with E-state index in [0.29, 0.717) is 0 Å². The number of benzene rings is 1. The number of aryl methyl sites for hydroxylation is 1. The fourth-order valence-corrected chi connectivity index (χ4v) is 3.40. The second-order valence-electron chi connectivity index (χ2n) is 7.45. The number of alkyl halides is 5. The van der Waals surface area contributed by atoms with Gasteiger partial charge in [0.1, 0.15) is 11.4 Å². The molecule has 1 aliphatic rings. The summed E-state index contributed by atoms with van der Waals surface area (Å²) < 4.78 is 65.9. The van der Waals surface area contributed by atoms with Crippen molar-refractivity contribution < 1.29 is 26.8 Å². The van der Waals surface area contributed by atoms with E-state index in [1.165, 1.54) is 30.5 Å². The molecule has 1 aliphatic carbocycles. The second-order valence-corrected chi connectivity index (χ2v) is 7.45. The highest BCUT2D eigenvalue weighted by Crippen LogP contribution is 2.48. The lowest BCUT2D eigenvalue weighted by molar-refractivity contribution is -0.127. The summed E-state index contributed by atoms with van der Waals surface area (Å²) in [5, 5.41) is 0.267.